The second-order valence-electron chi connectivity index (χ2n) is 4.72. The Morgan fingerprint density at radius 3 is 2.63 bits per heavy atom. The predicted octanol–water partition coefficient (Wildman–Crippen LogP) is 2.03. The van der Waals surface area contributed by atoms with Crippen molar-refractivity contribution in [3.63, 3.8) is 0 Å². The Morgan fingerprint density at radius 2 is 2.00 bits per heavy atom. The van der Waals surface area contributed by atoms with Crippen LogP contribution in [0.5, 0.6) is 0 Å². The van der Waals surface area contributed by atoms with E-state index in [9.17, 15) is 4.79 Å². The van der Waals surface area contributed by atoms with E-state index in [1.807, 2.05) is 37.3 Å². The first-order valence-corrected chi connectivity index (χ1v) is 6.52. The first-order chi connectivity index (χ1) is 9.11. The maximum atomic E-state index is 12.0. The second kappa shape index (κ2) is 5.80. The molecule has 0 radical (unpaired) electrons. The van der Waals surface area contributed by atoms with Gasteiger partial charge in [0.05, 0.1) is 5.69 Å². The van der Waals surface area contributed by atoms with Crippen LogP contribution in [0.15, 0.2) is 35.1 Å². The van der Waals surface area contributed by atoms with E-state index < -0.39 is 0 Å². The lowest BCUT2D eigenvalue weighted by molar-refractivity contribution is 0.623. The van der Waals surface area contributed by atoms with E-state index in [1.165, 1.54) is 0 Å². The monoisotopic (exact) mass is 257 g/mol. The number of nitrogens with two attached hydrogens (primary N) is 1. The third-order valence-electron chi connectivity index (χ3n) is 3.23. The van der Waals surface area contributed by atoms with Gasteiger partial charge in [-0.1, -0.05) is 37.3 Å². The summed E-state index contributed by atoms with van der Waals surface area (Å²) in [5.41, 5.74) is 8.16. The highest BCUT2D eigenvalue weighted by Gasteiger charge is 2.11. The Labute approximate surface area is 112 Å². The van der Waals surface area contributed by atoms with E-state index in [0.29, 0.717) is 17.8 Å². The number of nitrogens with one attached hydrogen (secondary N) is 1. The van der Waals surface area contributed by atoms with Gasteiger partial charge in [-0.2, -0.15) is 0 Å². The van der Waals surface area contributed by atoms with Crippen LogP contribution in [0.25, 0.3) is 11.3 Å². The van der Waals surface area contributed by atoms with Crippen LogP contribution in [0.4, 0.5) is 0 Å². The van der Waals surface area contributed by atoms with Gasteiger partial charge in [-0.25, -0.2) is 4.98 Å². The molecule has 0 saturated heterocycles. The van der Waals surface area contributed by atoms with Crippen LogP contribution < -0.4 is 11.3 Å². The fourth-order valence-corrected chi connectivity index (χ4v) is 1.95. The van der Waals surface area contributed by atoms with Crippen LogP contribution in [0.2, 0.25) is 0 Å². The number of benzene rings is 1. The van der Waals surface area contributed by atoms with Crippen LogP contribution in [-0.2, 0) is 6.42 Å². The summed E-state index contributed by atoms with van der Waals surface area (Å²) in [6.45, 7) is 3.81. The van der Waals surface area contributed by atoms with Crippen LogP contribution in [0, 0.1) is 6.92 Å². The van der Waals surface area contributed by atoms with Crippen molar-refractivity contribution < 1.29 is 0 Å². The second-order valence-corrected chi connectivity index (χ2v) is 4.72. The van der Waals surface area contributed by atoms with E-state index in [1.54, 1.807) is 6.92 Å². The van der Waals surface area contributed by atoms with Crippen LogP contribution in [0.1, 0.15) is 24.7 Å². The van der Waals surface area contributed by atoms with E-state index >= 15 is 0 Å². The Bertz CT molecular complexity index is 605. The molecule has 1 atom stereocenters. The average Bonchev–Trinajstić information content (AvgIpc) is 2.43. The zero-order chi connectivity index (χ0) is 13.8. The van der Waals surface area contributed by atoms with E-state index in [-0.39, 0.29) is 11.6 Å². The first-order valence-electron chi connectivity index (χ1n) is 6.52. The highest BCUT2D eigenvalue weighted by Crippen LogP contribution is 2.18. The molecule has 1 aromatic heterocycles. The van der Waals surface area contributed by atoms with Crippen molar-refractivity contribution in [1.29, 1.82) is 0 Å². The van der Waals surface area contributed by atoms with Gasteiger partial charge >= 0.3 is 0 Å². The predicted molar refractivity (Wildman–Crippen MR) is 77.0 cm³/mol. The summed E-state index contributed by atoms with van der Waals surface area (Å²) >= 11 is 0. The van der Waals surface area contributed by atoms with Crippen molar-refractivity contribution in [3.8, 4) is 11.3 Å². The standard InChI is InChI=1S/C15H19N3O/c1-3-12(16)9-13-17-14(10(2)15(19)18-13)11-7-5-4-6-8-11/h4-8,12H,3,9,16H2,1-2H3,(H,17,18,19). The Balaban J connectivity index is 2.46. The number of hydrogen-bond donors (Lipinski definition) is 2. The lowest BCUT2D eigenvalue weighted by Gasteiger charge is -2.11. The number of hydrogen-bond acceptors (Lipinski definition) is 3. The van der Waals surface area contributed by atoms with Gasteiger partial charge in [0.15, 0.2) is 0 Å². The van der Waals surface area contributed by atoms with E-state index in [0.717, 1.165) is 17.7 Å². The molecule has 4 heteroatoms. The molecule has 2 aromatic rings. The largest absolute Gasteiger partial charge is 0.327 e. The number of H-pyrrole nitrogens is 1. The highest BCUT2D eigenvalue weighted by molar-refractivity contribution is 5.62. The van der Waals surface area contributed by atoms with Crippen LogP contribution >= 0.6 is 0 Å². The van der Waals surface area contributed by atoms with Gasteiger partial charge in [0, 0.05) is 23.6 Å². The zero-order valence-electron chi connectivity index (χ0n) is 11.3. The van der Waals surface area contributed by atoms with Gasteiger partial charge < -0.3 is 10.7 Å². The minimum Gasteiger partial charge on any atom is -0.327 e. The molecule has 100 valence electrons. The molecular formula is C15H19N3O. The third kappa shape index (κ3) is 3.09. The van der Waals surface area contributed by atoms with Gasteiger partial charge in [0.2, 0.25) is 0 Å². The Morgan fingerprint density at radius 1 is 1.32 bits per heavy atom. The third-order valence-corrected chi connectivity index (χ3v) is 3.23. The zero-order valence-corrected chi connectivity index (χ0v) is 11.3. The van der Waals surface area contributed by atoms with Crippen molar-refractivity contribution >= 4 is 0 Å². The summed E-state index contributed by atoms with van der Waals surface area (Å²) in [7, 11) is 0. The molecule has 0 aliphatic carbocycles. The molecule has 1 heterocycles. The molecule has 0 aliphatic heterocycles. The fourth-order valence-electron chi connectivity index (χ4n) is 1.95. The number of rotatable bonds is 4. The molecule has 4 nitrogen and oxygen atoms in total. The lowest BCUT2D eigenvalue weighted by Crippen LogP contribution is -2.25. The number of nitrogens with zero attached hydrogens (tertiary/aromatic N) is 1. The quantitative estimate of drug-likeness (QED) is 0.880. The molecule has 0 spiro atoms. The summed E-state index contributed by atoms with van der Waals surface area (Å²) in [6, 6.07) is 9.76. The average molecular weight is 257 g/mol. The van der Waals surface area contributed by atoms with Gasteiger partial charge in [0.25, 0.3) is 5.56 Å². The summed E-state index contributed by atoms with van der Waals surface area (Å²) in [6.07, 6.45) is 1.45. The molecule has 3 N–H and O–H groups in total. The first kappa shape index (κ1) is 13.5. The Hall–Kier alpha value is -1.94. The molecule has 0 amide bonds. The Kier molecular flexibility index (Phi) is 4.12. The van der Waals surface area contributed by atoms with E-state index in [4.69, 9.17) is 5.73 Å². The van der Waals surface area contributed by atoms with Crippen molar-refractivity contribution in [2.75, 3.05) is 0 Å². The van der Waals surface area contributed by atoms with Gasteiger partial charge in [-0.3, -0.25) is 4.79 Å². The lowest BCUT2D eigenvalue weighted by atomic mass is 10.1. The smallest absolute Gasteiger partial charge is 0.254 e. The van der Waals surface area contributed by atoms with Crippen LogP contribution in [-0.4, -0.2) is 16.0 Å². The maximum Gasteiger partial charge on any atom is 0.254 e. The van der Waals surface area contributed by atoms with Gasteiger partial charge in [-0.05, 0) is 13.3 Å². The SMILES string of the molecule is CCC(N)Cc1nc(-c2ccccc2)c(C)c(=O)[nH]1. The molecule has 19 heavy (non-hydrogen) atoms. The van der Waals surface area contributed by atoms with E-state index in [2.05, 4.69) is 9.97 Å². The maximum absolute atomic E-state index is 12.0. The summed E-state index contributed by atoms with van der Waals surface area (Å²) in [4.78, 5) is 19.3. The number of aromatic amines is 1. The minimum atomic E-state index is -0.0906. The summed E-state index contributed by atoms with van der Waals surface area (Å²) in [5.74, 6) is 0.656. The topological polar surface area (TPSA) is 71.8 Å². The van der Waals surface area contributed by atoms with Crippen molar-refractivity contribution in [3.05, 3.63) is 52.1 Å². The summed E-state index contributed by atoms with van der Waals surface area (Å²) < 4.78 is 0. The molecule has 0 fully saturated rings. The van der Waals surface area contributed by atoms with Crippen molar-refractivity contribution in [2.45, 2.75) is 32.7 Å². The molecule has 0 aliphatic rings. The molecule has 1 aromatic carbocycles. The molecular weight excluding hydrogens is 238 g/mol. The minimum absolute atomic E-state index is 0.0227. The molecule has 0 saturated carbocycles. The fraction of sp³-hybridized carbons (Fsp3) is 0.333. The highest BCUT2D eigenvalue weighted by atomic mass is 16.1. The molecule has 1 unspecified atom stereocenters. The van der Waals surface area contributed by atoms with Gasteiger partial charge in [0.1, 0.15) is 5.82 Å². The van der Waals surface area contributed by atoms with Crippen molar-refractivity contribution in [2.24, 2.45) is 5.73 Å². The normalized spacial score (nSPS) is 12.4. The number of aromatic nitrogens is 2. The van der Waals surface area contributed by atoms with Crippen LogP contribution in [0.3, 0.4) is 0 Å². The molecule has 0 bridgehead atoms. The van der Waals surface area contributed by atoms with Crippen molar-refractivity contribution in [1.82, 2.24) is 9.97 Å². The summed E-state index contributed by atoms with van der Waals surface area (Å²) in [5, 5.41) is 0. The van der Waals surface area contributed by atoms with Gasteiger partial charge in [-0.15, -0.1) is 0 Å². The molecule has 2 rings (SSSR count).